The molecule has 22 heavy (non-hydrogen) atoms. The van der Waals surface area contributed by atoms with Gasteiger partial charge in [-0.25, -0.2) is 0 Å². The lowest BCUT2D eigenvalue weighted by molar-refractivity contribution is 0.100. The third kappa shape index (κ3) is 3.41. The average Bonchev–Trinajstić information content (AvgIpc) is 3.01. The number of ether oxygens (including phenoxy) is 1. The van der Waals surface area contributed by atoms with E-state index >= 15 is 0 Å². The van der Waals surface area contributed by atoms with Gasteiger partial charge >= 0.3 is 0 Å². The predicted octanol–water partition coefficient (Wildman–Crippen LogP) is 2.17. The van der Waals surface area contributed by atoms with Gasteiger partial charge in [-0.15, -0.1) is 0 Å². The predicted molar refractivity (Wildman–Crippen MR) is 80.1 cm³/mol. The maximum absolute atomic E-state index is 12.4. The van der Waals surface area contributed by atoms with Gasteiger partial charge in [0.1, 0.15) is 12.0 Å². The number of carbonyl (C=O) groups is 2. The molecule has 0 unspecified atom stereocenters. The highest BCUT2D eigenvalue weighted by Crippen LogP contribution is 2.17. The van der Waals surface area contributed by atoms with E-state index in [0.717, 1.165) is 0 Å². The summed E-state index contributed by atoms with van der Waals surface area (Å²) in [6, 6.07) is 6.60. The van der Waals surface area contributed by atoms with Gasteiger partial charge in [-0.1, -0.05) is 5.16 Å². The number of hydrogen-bond acceptors (Lipinski definition) is 6. The number of ketones is 2. The zero-order valence-electron chi connectivity index (χ0n) is 12.6. The molecule has 0 fully saturated rings. The van der Waals surface area contributed by atoms with Crippen LogP contribution >= 0.6 is 0 Å². The Kier molecular flexibility index (Phi) is 4.73. The summed E-state index contributed by atoms with van der Waals surface area (Å²) >= 11 is 0. The molecule has 6 heteroatoms. The van der Waals surface area contributed by atoms with Crippen molar-refractivity contribution in [1.82, 2.24) is 10.1 Å². The molecule has 0 spiro atoms. The summed E-state index contributed by atoms with van der Waals surface area (Å²) in [6.45, 7) is 0. The molecule has 0 saturated carbocycles. The smallest absolute Gasteiger partial charge is 0.209 e. The van der Waals surface area contributed by atoms with Crippen LogP contribution in [0, 0.1) is 0 Å². The van der Waals surface area contributed by atoms with Crippen LogP contribution in [0.5, 0.6) is 5.75 Å². The summed E-state index contributed by atoms with van der Waals surface area (Å²) in [5.41, 5.74) is 0.562. The van der Waals surface area contributed by atoms with Gasteiger partial charge in [-0.3, -0.25) is 9.59 Å². The number of nitrogens with zero attached hydrogens (tertiary/aromatic N) is 2. The standard InChI is InChI=1S/C16H16N2O4/c1-18(2)9-8-14(19)15-13(10-22-17-15)16(20)11-4-6-12(21-3)7-5-11/h4-10H,1-3H3. The van der Waals surface area contributed by atoms with Gasteiger partial charge in [0.2, 0.25) is 5.78 Å². The summed E-state index contributed by atoms with van der Waals surface area (Å²) in [7, 11) is 5.12. The van der Waals surface area contributed by atoms with Crippen LogP contribution in [-0.4, -0.2) is 42.8 Å². The third-order valence-corrected chi connectivity index (χ3v) is 2.92. The Morgan fingerprint density at radius 1 is 1.23 bits per heavy atom. The summed E-state index contributed by atoms with van der Waals surface area (Å²) in [6.07, 6.45) is 4.10. The molecule has 0 N–H and O–H groups in total. The largest absolute Gasteiger partial charge is 0.497 e. The van der Waals surface area contributed by atoms with Crippen molar-refractivity contribution in [3.8, 4) is 5.75 Å². The van der Waals surface area contributed by atoms with Crippen LogP contribution in [-0.2, 0) is 0 Å². The van der Waals surface area contributed by atoms with Gasteiger partial charge in [-0.2, -0.15) is 0 Å². The van der Waals surface area contributed by atoms with E-state index in [2.05, 4.69) is 5.16 Å². The minimum Gasteiger partial charge on any atom is -0.497 e. The number of carbonyl (C=O) groups excluding carboxylic acids is 2. The Morgan fingerprint density at radius 3 is 2.50 bits per heavy atom. The summed E-state index contributed by atoms with van der Waals surface area (Å²) in [5, 5.41) is 3.63. The zero-order valence-corrected chi connectivity index (χ0v) is 12.6. The van der Waals surface area contributed by atoms with E-state index in [-0.39, 0.29) is 22.8 Å². The van der Waals surface area contributed by atoms with Crippen LogP contribution < -0.4 is 4.74 Å². The quantitative estimate of drug-likeness (QED) is 0.601. The van der Waals surface area contributed by atoms with Gasteiger partial charge < -0.3 is 14.2 Å². The van der Waals surface area contributed by atoms with Gasteiger partial charge in [0.05, 0.1) is 12.7 Å². The highest BCUT2D eigenvalue weighted by Gasteiger charge is 2.21. The molecule has 2 aromatic rings. The van der Waals surface area contributed by atoms with Crippen molar-refractivity contribution in [3.63, 3.8) is 0 Å². The maximum atomic E-state index is 12.4. The van der Waals surface area contributed by atoms with Gasteiger partial charge in [-0.05, 0) is 24.3 Å². The Hall–Kier alpha value is -2.89. The Morgan fingerprint density at radius 2 is 1.91 bits per heavy atom. The van der Waals surface area contributed by atoms with Crippen LogP contribution in [0.25, 0.3) is 0 Å². The molecule has 1 heterocycles. The van der Waals surface area contributed by atoms with E-state index in [0.29, 0.717) is 11.3 Å². The number of rotatable bonds is 6. The molecule has 2 rings (SSSR count). The molecular formula is C16H16N2O4. The monoisotopic (exact) mass is 300 g/mol. The van der Waals surface area contributed by atoms with Crippen molar-refractivity contribution >= 4 is 11.6 Å². The lowest BCUT2D eigenvalue weighted by Crippen LogP contribution is -2.09. The normalized spacial score (nSPS) is 10.7. The summed E-state index contributed by atoms with van der Waals surface area (Å²) < 4.78 is 9.84. The highest BCUT2D eigenvalue weighted by molar-refractivity contribution is 6.16. The second-order valence-corrected chi connectivity index (χ2v) is 4.78. The van der Waals surface area contributed by atoms with E-state index in [4.69, 9.17) is 9.26 Å². The Labute approximate surface area is 128 Å². The summed E-state index contributed by atoms with van der Waals surface area (Å²) in [5.74, 6) is -0.0723. The van der Waals surface area contributed by atoms with Crippen LogP contribution in [0.15, 0.2) is 47.3 Å². The first kappa shape index (κ1) is 15.5. The molecule has 1 aromatic carbocycles. The van der Waals surface area contributed by atoms with Crippen molar-refractivity contribution in [2.24, 2.45) is 0 Å². The molecule has 0 aliphatic carbocycles. The third-order valence-electron chi connectivity index (χ3n) is 2.92. The van der Waals surface area contributed by atoms with Gasteiger partial charge in [0, 0.05) is 31.9 Å². The number of hydrogen-bond donors (Lipinski definition) is 0. The summed E-state index contributed by atoms with van der Waals surface area (Å²) in [4.78, 5) is 26.2. The van der Waals surface area contributed by atoms with E-state index in [1.807, 2.05) is 0 Å². The minimum absolute atomic E-state index is 0.00100. The van der Waals surface area contributed by atoms with Crippen LogP contribution in [0.1, 0.15) is 26.4 Å². The maximum Gasteiger partial charge on any atom is 0.209 e. The van der Waals surface area contributed by atoms with Gasteiger partial charge in [0.15, 0.2) is 11.5 Å². The van der Waals surface area contributed by atoms with E-state index < -0.39 is 0 Å². The van der Waals surface area contributed by atoms with E-state index in [1.54, 1.807) is 56.6 Å². The van der Waals surface area contributed by atoms with Crippen LogP contribution in [0.3, 0.4) is 0 Å². The Bertz CT molecular complexity index is 699. The molecule has 0 aliphatic heterocycles. The molecule has 1 aromatic heterocycles. The first-order chi connectivity index (χ1) is 10.5. The van der Waals surface area contributed by atoms with E-state index in [1.165, 1.54) is 12.3 Å². The molecular weight excluding hydrogens is 284 g/mol. The Balaban J connectivity index is 2.27. The molecule has 0 amide bonds. The van der Waals surface area contributed by atoms with Crippen molar-refractivity contribution in [2.75, 3.05) is 21.2 Å². The fourth-order valence-corrected chi connectivity index (χ4v) is 1.77. The molecule has 6 nitrogen and oxygen atoms in total. The zero-order chi connectivity index (χ0) is 16.1. The second kappa shape index (κ2) is 6.71. The number of methoxy groups -OCH3 is 1. The van der Waals surface area contributed by atoms with E-state index in [9.17, 15) is 9.59 Å². The molecule has 0 atom stereocenters. The topological polar surface area (TPSA) is 72.6 Å². The van der Waals surface area contributed by atoms with Crippen molar-refractivity contribution < 1.29 is 18.8 Å². The molecule has 114 valence electrons. The average molecular weight is 300 g/mol. The molecule has 0 bridgehead atoms. The highest BCUT2D eigenvalue weighted by atomic mass is 16.5. The molecule has 0 radical (unpaired) electrons. The molecule has 0 aliphatic rings. The van der Waals surface area contributed by atoms with Crippen LogP contribution in [0.2, 0.25) is 0 Å². The number of allylic oxidation sites excluding steroid dienone is 1. The minimum atomic E-state index is -0.390. The lowest BCUT2D eigenvalue weighted by Gasteiger charge is -2.03. The first-order valence-corrected chi connectivity index (χ1v) is 6.55. The van der Waals surface area contributed by atoms with Crippen molar-refractivity contribution in [2.45, 2.75) is 0 Å². The van der Waals surface area contributed by atoms with Crippen LogP contribution in [0.4, 0.5) is 0 Å². The van der Waals surface area contributed by atoms with Crippen molar-refractivity contribution in [3.05, 3.63) is 59.6 Å². The SMILES string of the molecule is COc1ccc(C(=O)c2conc2C(=O)C=CN(C)C)cc1. The molecule has 0 saturated heterocycles. The lowest BCUT2D eigenvalue weighted by atomic mass is 10.0. The fraction of sp³-hybridized carbons (Fsp3) is 0.188. The van der Waals surface area contributed by atoms with Gasteiger partial charge in [0.25, 0.3) is 0 Å². The fourth-order valence-electron chi connectivity index (χ4n) is 1.77. The number of benzene rings is 1. The second-order valence-electron chi connectivity index (χ2n) is 4.78. The first-order valence-electron chi connectivity index (χ1n) is 6.55. The van der Waals surface area contributed by atoms with Crippen molar-refractivity contribution in [1.29, 1.82) is 0 Å². The number of aromatic nitrogens is 1.